The predicted octanol–water partition coefficient (Wildman–Crippen LogP) is 2.95. The molecule has 0 N–H and O–H groups in total. The van der Waals surface area contributed by atoms with Crippen LogP contribution in [-0.2, 0) is 4.79 Å². The molecule has 1 heterocycles. The third-order valence-corrected chi connectivity index (χ3v) is 4.49. The number of amides is 1. The van der Waals surface area contributed by atoms with Crippen LogP contribution in [0.3, 0.4) is 0 Å². The number of ether oxygens (including phenoxy) is 2. The van der Waals surface area contributed by atoms with Gasteiger partial charge in [0.05, 0.1) is 12.8 Å². The topological polar surface area (TPSA) is 42.0 Å². The Balaban J connectivity index is 1.56. The second kappa shape index (κ2) is 8.08. The monoisotopic (exact) mass is 358 g/mol. The Morgan fingerprint density at radius 1 is 1.04 bits per heavy atom. The number of anilines is 1. The zero-order chi connectivity index (χ0) is 18.5. The van der Waals surface area contributed by atoms with E-state index in [0.717, 1.165) is 0 Å². The van der Waals surface area contributed by atoms with Crippen molar-refractivity contribution in [3.05, 3.63) is 54.3 Å². The van der Waals surface area contributed by atoms with Crippen molar-refractivity contribution in [2.45, 2.75) is 13.0 Å². The minimum Gasteiger partial charge on any atom is -0.497 e. The number of methoxy groups -OCH3 is 1. The number of carbonyl (C=O) groups excluding carboxylic acids is 1. The van der Waals surface area contributed by atoms with Gasteiger partial charge in [0.15, 0.2) is 6.10 Å². The van der Waals surface area contributed by atoms with Crippen molar-refractivity contribution >= 4 is 11.6 Å². The predicted molar refractivity (Wildman–Crippen MR) is 98.3 cm³/mol. The molecule has 0 unspecified atom stereocenters. The lowest BCUT2D eigenvalue weighted by Crippen LogP contribution is -2.52. The smallest absolute Gasteiger partial charge is 0.263 e. The third kappa shape index (κ3) is 4.07. The Labute approximate surface area is 152 Å². The van der Waals surface area contributed by atoms with E-state index in [1.807, 2.05) is 23.1 Å². The van der Waals surface area contributed by atoms with Crippen LogP contribution in [-0.4, -0.2) is 50.2 Å². The number of para-hydroxylation sites is 1. The van der Waals surface area contributed by atoms with Gasteiger partial charge < -0.3 is 19.3 Å². The van der Waals surface area contributed by atoms with Gasteiger partial charge in [-0.15, -0.1) is 0 Å². The molecule has 2 aromatic rings. The maximum Gasteiger partial charge on any atom is 0.263 e. The van der Waals surface area contributed by atoms with Crippen LogP contribution in [0, 0.1) is 5.82 Å². The summed E-state index contributed by atoms with van der Waals surface area (Å²) in [5.41, 5.74) is 0.584. The Kier molecular flexibility index (Phi) is 5.61. The number of piperazine rings is 1. The molecule has 1 aliphatic heterocycles. The quantitative estimate of drug-likeness (QED) is 0.824. The molecule has 0 aromatic heterocycles. The molecule has 1 amide bonds. The van der Waals surface area contributed by atoms with Gasteiger partial charge in [-0.2, -0.15) is 0 Å². The van der Waals surface area contributed by atoms with E-state index < -0.39 is 6.10 Å². The molecule has 3 rings (SSSR count). The lowest BCUT2D eigenvalue weighted by Gasteiger charge is -2.37. The summed E-state index contributed by atoms with van der Waals surface area (Å²) < 4.78 is 24.8. The Hall–Kier alpha value is -2.76. The normalized spacial score (nSPS) is 15.5. The summed E-state index contributed by atoms with van der Waals surface area (Å²) >= 11 is 0. The lowest BCUT2D eigenvalue weighted by atomic mass is 10.2. The van der Waals surface area contributed by atoms with Crippen molar-refractivity contribution in [2.75, 3.05) is 38.2 Å². The SMILES string of the molecule is COc1cccc(O[C@H](C)C(=O)N2CCN(c3ccccc3F)CC2)c1. The zero-order valence-electron chi connectivity index (χ0n) is 15.0. The minimum absolute atomic E-state index is 0.0685. The summed E-state index contributed by atoms with van der Waals surface area (Å²) in [5, 5.41) is 0. The van der Waals surface area contributed by atoms with E-state index in [4.69, 9.17) is 9.47 Å². The van der Waals surface area contributed by atoms with Crippen molar-refractivity contribution in [3.8, 4) is 11.5 Å². The van der Waals surface area contributed by atoms with E-state index in [0.29, 0.717) is 43.4 Å². The van der Waals surface area contributed by atoms with Gasteiger partial charge in [0, 0.05) is 32.2 Å². The van der Waals surface area contributed by atoms with E-state index >= 15 is 0 Å². The average Bonchev–Trinajstić information content (AvgIpc) is 2.68. The molecule has 1 fully saturated rings. The fourth-order valence-electron chi connectivity index (χ4n) is 3.06. The second-order valence-corrected chi connectivity index (χ2v) is 6.20. The summed E-state index contributed by atoms with van der Waals surface area (Å²) in [6.07, 6.45) is -0.595. The first-order chi connectivity index (χ1) is 12.6. The van der Waals surface area contributed by atoms with Crippen molar-refractivity contribution in [1.29, 1.82) is 0 Å². The average molecular weight is 358 g/mol. The number of hydrogen-bond donors (Lipinski definition) is 0. The first kappa shape index (κ1) is 18.0. The van der Waals surface area contributed by atoms with Crippen LogP contribution in [0.4, 0.5) is 10.1 Å². The Bertz CT molecular complexity index is 760. The van der Waals surface area contributed by atoms with E-state index in [-0.39, 0.29) is 11.7 Å². The fourth-order valence-corrected chi connectivity index (χ4v) is 3.06. The molecule has 0 aliphatic carbocycles. The summed E-state index contributed by atoms with van der Waals surface area (Å²) in [6.45, 7) is 4.01. The van der Waals surface area contributed by atoms with Crippen molar-refractivity contribution in [1.82, 2.24) is 4.90 Å². The van der Waals surface area contributed by atoms with Crippen LogP contribution in [0.2, 0.25) is 0 Å². The summed E-state index contributed by atoms with van der Waals surface area (Å²) in [7, 11) is 1.59. The lowest BCUT2D eigenvalue weighted by molar-refractivity contribution is -0.138. The maximum absolute atomic E-state index is 13.9. The summed E-state index contributed by atoms with van der Waals surface area (Å²) in [5.74, 6) is 0.971. The van der Waals surface area contributed by atoms with Crippen molar-refractivity contribution in [3.63, 3.8) is 0 Å². The van der Waals surface area contributed by atoms with E-state index in [9.17, 15) is 9.18 Å². The number of benzene rings is 2. The largest absolute Gasteiger partial charge is 0.497 e. The van der Waals surface area contributed by atoms with Crippen LogP contribution in [0.1, 0.15) is 6.92 Å². The van der Waals surface area contributed by atoms with Gasteiger partial charge in [-0.05, 0) is 31.2 Å². The van der Waals surface area contributed by atoms with Crippen LogP contribution in [0.15, 0.2) is 48.5 Å². The van der Waals surface area contributed by atoms with Gasteiger partial charge in [-0.25, -0.2) is 4.39 Å². The van der Waals surface area contributed by atoms with Crippen LogP contribution in [0.5, 0.6) is 11.5 Å². The van der Waals surface area contributed by atoms with Gasteiger partial charge in [0.25, 0.3) is 5.91 Å². The van der Waals surface area contributed by atoms with Crippen molar-refractivity contribution in [2.24, 2.45) is 0 Å². The number of halogens is 1. The number of carbonyl (C=O) groups is 1. The molecule has 138 valence electrons. The molecule has 0 bridgehead atoms. The molecule has 1 atom stereocenters. The van der Waals surface area contributed by atoms with Gasteiger partial charge in [-0.3, -0.25) is 4.79 Å². The van der Waals surface area contributed by atoms with Gasteiger partial charge >= 0.3 is 0 Å². The van der Waals surface area contributed by atoms with Gasteiger partial charge in [-0.1, -0.05) is 18.2 Å². The molecule has 26 heavy (non-hydrogen) atoms. The second-order valence-electron chi connectivity index (χ2n) is 6.20. The summed E-state index contributed by atoms with van der Waals surface area (Å²) in [4.78, 5) is 16.4. The molecule has 0 spiro atoms. The number of rotatable bonds is 5. The molecule has 6 heteroatoms. The minimum atomic E-state index is -0.595. The molecule has 5 nitrogen and oxygen atoms in total. The molecule has 0 saturated carbocycles. The van der Waals surface area contributed by atoms with Crippen LogP contribution in [0.25, 0.3) is 0 Å². The zero-order valence-corrected chi connectivity index (χ0v) is 15.0. The maximum atomic E-state index is 13.9. The highest BCUT2D eigenvalue weighted by Gasteiger charge is 2.27. The first-order valence-electron chi connectivity index (χ1n) is 8.67. The Morgan fingerprint density at radius 2 is 1.73 bits per heavy atom. The highest BCUT2D eigenvalue weighted by Crippen LogP contribution is 2.22. The summed E-state index contributed by atoms with van der Waals surface area (Å²) in [6, 6.07) is 13.9. The fraction of sp³-hybridized carbons (Fsp3) is 0.350. The van der Waals surface area contributed by atoms with E-state index in [2.05, 4.69) is 0 Å². The van der Waals surface area contributed by atoms with Crippen molar-refractivity contribution < 1.29 is 18.7 Å². The standard InChI is InChI=1S/C20H23FN2O3/c1-15(26-17-7-5-6-16(14-17)25-2)20(24)23-12-10-22(11-13-23)19-9-4-3-8-18(19)21/h3-9,14-15H,10-13H2,1-2H3/t15-/m1/s1. The van der Waals surface area contributed by atoms with E-state index in [1.165, 1.54) is 6.07 Å². The van der Waals surface area contributed by atoms with Gasteiger partial charge in [0.1, 0.15) is 17.3 Å². The molecule has 0 radical (unpaired) electrons. The first-order valence-corrected chi connectivity index (χ1v) is 8.67. The third-order valence-electron chi connectivity index (χ3n) is 4.49. The molecule has 1 aliphatic rings. The van der Waals surface area contributed by atoms with Crippen LogP contribution < -0.4 is 14.4 Å². The molecule has 2 aromatic carbocycles. The highest BCUT2D eigenvalue weighted by molar-refractivity contribution is 5.81. The van der Waals surface area contributed by atoms with E-state index in [1.54, 1.807) is 43.2 Å². The Morgan fingerprint density at radius 3 is 2.42 bits per heavy atom. The molecular weight excluding hydrogens is 335 g/mol. The van der Waals surface area contributed by atoms with Gasteiger partial charge in [0.2, 0.25) is 0 Å². The highest BCUT2D eigenvalue weighted by atomic mass is 19.1. The number of hydrogen-bond acceptors (Lipinski definition) is 4. The molecular formula is C20H23FN2O3. The van der Waals surface area contributed by atoms with Crippen LogP contribution >= 0.6 is 0 Å². The number of nitrogens with zero attached hydrogens (tertiary/aromatic N) is 2. The molecule has 1 saturated heterocycles.